The van der Waals surface area contributed by atoms with E-state index < -0.39 is 10.0 Å². The Hall–Kier alpha value is -1.68. The van der Waals surface area contributed by atoms with Gasteiger partial charge >= 0.3 is 0 Å². The molecule has 2 aliphatic heterocycles. The van der Waals surface area contributed by atoms with Gasteiger partial charge in [-0.15, -0.1) is 0 Å². The van der Waals surface area contributed by atoms with Crippen molar-refractivity contribution < 1.29 is 22.7 Å². The van der Waals surface area contributed by atoms with E-state index in [9.17, 15) is 13.2 Å². The van der Waals surface area contributed by atoms with Crippen molar-refractivity contribution >= 4 is 15.9 Å². The maximum atomic E-state index is 12.5. The number of sulfonamides is 1. The molecule has 156 valence electrons. The summed E-state index contributed by atoms with van der Waals surface area (Å²) < 4.78 is 37.2. The second-order valence-corrected chi connectivity index (χ2v) is 8.97. The summed E-state index contributed by atoms with van der Waals surface area (Å²) in [5, 5.41) is 2.84. The number of hydrogen-bond donors (Lipinski definition) is 1. The van der Waals surface area contributed by atoms with Crippen LogP contribution in [0.3, 0.4) is 0 Å². The summed E-state index contributed by atoms with van der Waals surface area (Å²) in [6.07, 6.45) is 2.69. The standard InChI is InChI=1S/C19H29N3O5S/c23-19(20-8-3-9-21-12-14-26-15-13-21)16-27-17-4-6-18(7-5-17)28(24,25)22-10-1-2-11-22/h4-7H,1-3,8-16H2,(H,20,23). The highest BCUT2D eigenvalue weighted by atomic mass is 32.2. The van der Waals surface area contributed by atoms with Crippen molar-refractivity contribution in [3.63, 3.8) is 0 Å². The maximum absolute atomic E-state index is 12.5. The number of hydrogen-bond acceptors (Lipinski definition) is 6. The number of nitrogens with one attached hydrogen (secondary N) is 1. The Labute approximate surface area is 166 Å². The van der Waals surface area contributed by atoms with Gasteiger partial charge in [0.25, 0.3) is 5.91 Å². The molecule has 0 atom stereocenters. The summed E-state index contributed by atoms with van der Waals surface area (Å²) in [5.74, 6) is 0.291. The van der Waals surface area contributed by atoms with Crippen LogP contribution < -0.4 is 10.1 Å². The van der Waals surface area contributed by atoms with Crippen LogP contribution in [0.2, 0.25) is 0 Å². The van der Waals surface area contributed by atoms with E-state index >= 15 is 0 Å². The van der Waals surface area contributed by atoms with Crippen molar-refractivity contribution in [2.24, 2.45) is 0 Å². The minimum atomic E-state index is -3.42. The molecule has 2 heterocycles. The Morgan fingerprint density at radius 2 is 1.75 bits per heavy atom. The maximum Gasteiger partial charge on any atom is 0.257 e. The Kier molecular flexibility index (Phi) is 7.66. The fourth-order valence-corrected chi connectivity index (χ4v) is 4.86. The number of carbonyl (C=O) groups excluding carboxylic acids is 1. The van der Waals surface area contributed by atoms with Crippen LogP contribution in [0.5, 0.6) is 5.75 Å². The van der Waals surface area contributed by atoms with E-state index in [1.165, 1.54) is 16.4 Å². The van der Waals surface area contributed by atoms with Gasteiger partial charge in [-0.1, -0.05) is 0 Å². The molecule has 0 saturated carbocycles. The van der Waals surface area contributed by atoms with Crippen LogP contribution in [0.15, 0.2) is 29.2 Å². The molecule has 28 heavy (non-hydrogen) atoms. The van der Waals surface area contributed by atoms with Crippen LogP contribution in [-0.2, 0) is 19.6 Å². The molecule has 0 aromatic heterocycles. The number of rotatable bonds is 9. The van der Waals surface area contributed by atoms with Gasteiger partial charge in [-0.05, 0) is 50.1 Å². The third-order valence-corrected chi connectivity index (χ3v) is 6.89. The monoisotopic (exact) mass is 411 g/mol. The molecule has 0 radical (unpaired) electrons. The van der Waals surface area contributed by atoms with Gasteiger partial charge in [-0.2, -0.15) is 4.31 Å². The second kappa shape index (κ2) is 10.2. The molecule has 1 amide bonds. The quantitative estimate of drug-likeness (QED) is 0.602. The summed E-state index contributed by atoms with van der Waals surface area (Å²) in [5.41, 5.74) is 0. The molecule has 8 nitrogen and oxygen atoms in total. The van der Waals surface area contributed by atoms with Crippen molar-refractivity contribution in [2.45, 2.75) is 24.2 Å². The zero-order valence-corrected chi connectivity index (χ0v) is 17.0. The van der Waals surface area contributed by atoms with E-state index in [4.69, 9.17) is 9.47 Å². The van der Waals surface area contributed by atoms with Crippen molar-refractivity contribution in [1.29, 1.82) is 0 Å². The largest absolute Gasteiger partial charge is 0.484 e. The number of amides is 1. The Balaban J connectivity index is 1.36. The lowest BCUT2D eigenvalue weighted by Crippen LogP contribution is -2.38. The first-order valence-corrected chi connectivity index (χ1v) is 11.3. The second-order valence-electron chi connectivity index (χ2n) is 7.03. The fourth-order valence-electron chi connectivity index (χ4n) is 3.34. The lowest BCUT2D eigenvalue weighted by Gasteiger charge is -2.26. The topological polar surface area (TPSA) is 88.2 Å². The minimum Gasteiger partial charge on any atom is -0.484 e. The number of carbonyl (C=O) groups is 1. The van der Waals surface area contributed by atoms with Gasteiger partial charge in [-0.3, -0.25) is 9.69 Å². The highest BCUT2D eigenvalue weighted by Gasteiger charge is 2.26. The molecule has 9 heteroatoms. The van der Waals surface area contributed by atoms with Gasteiger partial charge in [0, 0.05) is 32.7 Å². The summed E-state index contributed by atoms with van der Waals surface area (Å²) >= 11 is 0. The van der Waals surface area contributed by atoms with E-state index in [-0.39, 0.29) is 17.4 Å². The normalized spacial score (nSPS) is 18.9. The molecular weight excluding hydrogens is 382 g/mol. The zero-order valence-electron chi connectivity index (χ0n) is 16.1. The molecule has 1 aromatic carbocycles. The van der Waals surface area contributed by atoms with Crippen LogP contribution >= 0.6 is 0 Å². The lowest BCUT2D eigenvalue weighted by molar-refractivity contribution is -0.123. The average Bonchev–Trinajstić information content (AvgIpc) is 3.27. The predicted molar refractivity (Wildman–Crippen MR) is 105 cm³/mol. The molecule has 0 aliphatic carbocycles. The molecular formula is C19H29N3O5S. The van der Waals surface area contributed by atoms with Gasteiger partial charge < -0.3 is 14.8 Å². The Morgan fingerprint density at radius 1 is 1.07 bits per heavy atom. The first-order valence-electron chi connectivity index (χ1n) is 9.85. The van der Waals surface area contributed by atoms with Crippen LogP contribution in [0.4, 0.5) is 0 Å². The number of morpholine rings is 1. The first-order chi connectivity index (χ1) is 13.6. The Bertz CT molecular complexity index is 726. The predicted octanol–water partition coefficient (Wildman–Crippen LogP) is 0.688. The fraction of sp³-hybridized carbons (Fsp3) is 0.632. The molecule has 1 N–H and O–H groups in total. The number of benzene rings is 1. The van der Waals surface area contributed by atoms with Gasteiger partial charge in [0.1, 0.15) is 5.75 Å². The SMILES string of the molecule is O=C(COc1ccc(S(=O)(=O)N2CCCC2)cc1)NCCCN1CCOCC1. The Morgan fingerprint density at radius 3 is 2.43 bits per heavy atom. The molecule has 2 fully saturated rings. The summed E-state index contributed by atoms with van der Waals surface area (Å²) in [4.78, 5) is 14.5. The third kappa shape index (κ3) is 5.91. The van der Waals surface area contributed by atoms with Crippen LogP contribution in [0, 0.1) is 0 Å². The first kappa shape index (κ1) is 21.0. The highest BCUT2D eigenvalue weighted by Crippen LogP contribution is 2.22. The molecule has 0 unspecified atom stereocenters. The smallest absolute Gasteiger partial charge is 0.257 e. The van der Waals surface area contributed by atoms with Crippen molar-refractivity contribution in [2.75, 3.05) is 59.1 Å². The van der Waals surface area contributed by atoms with Crippen molar-refractivity contribution in [1.82, 2.24) is 14.5 Å². The van der Waals surface area contributed by atoms with E-state index in [2.05, 4.69) is 10.2 Å². The van der Waals surface area contributed by atoms with E-state index in [1.54, 1.807) is 12.1 Å². The summed E-state index contributed by atoms with van der Waals surface area (Å²) in [7, 11) is -3.42. The zero-order chi connectivity index (χ0) is 19.8. The highest BCUT2D eigenvalue weighted by molar-refractivity contribution is 7.89. The molecule has 2 aliphatic rings. The van der Waals surface area contributed by atoms with Crippen LogP contribution in [-0.4, -0.2) is 82.6 Å². The van der Waals surface area contributed by atoms with Gasteiger partial charge in [0.05, 0.1) is 18.1 Å². The van der Waals surface area contributed by atoms with E-state index in [0.717, 1.165) is 52.1 Å². The molecule has 1 aromatic rings. The average molecular weight is 412 g/mol. The van der Waals surface area contributed by atoms with E-state index in [1.807, 2.05) is 0 Å². The molecule has 0 spiro atoms. The molecule has 2 saturated heterocycles. The summed E-state index contributed by atoms with van der Waals surface area (Å²) in [6.45, 7) is 6.05. The molecule has 3 rings (SSSR count). The van der Waals surface area contributed by atoms with Crippen LogP contribution in [0.25, 0.3) is 0 Å². The molecule has 0 bridgehead atoms. The van der Waals surface area contributed by atoms with Crippen molar-refractivity contribution in [3.8, 4) is 5.75 Å². The van der Waals surface area contributed by atoms with E-state index in [0.29, 0.717) is 25.4 Å². The number of ether oxygens (including phenoxy) is 2. The van der Waals surface area contributed by atoms with Gasteiger partial charge in [0.15, 0.2) is 6.61 Å². The van der Waals surface area contributed by atoms with Gasteiger partial charge in [0.2, 0.25) is 10.0 Å². The van der Waals surface area contributed by atoms with Crippen LogP contribution in [0.1, 0.15) is 19.3 Å². The third-order valence-electron chi connectivity index (χ3n) is 4.97. The minimum absolute atomic E-state index is 0.0875. The van der Waals surface area contributed by atoms with Gasteiger partial charge in [-0.25, -0.2) is 8.42 Å². The lowest BCUT2D eigenvalue weighted by atomic mass is 10.3. The van der Waals surface area contributed by atoms with Crippen molar-refractivity contribution in [3.05, 3.63) is 24.3 Å². The number of nitrogens with zero attached hydrogens (tertiary/aromatic N) is 2. The summed E-state index contributed by atoms with van der Waals surface area (Å²) in [6, 6.07) is 6.25.